The summed E-state index contributed by atoms with van der Waals surface area (Å²) in [7, 11) is 0. The van der Waals surface area contributed by atoms with Crippen molar-refractivity contribution in [2.75, 3.05) is 19.7 Å². The molecule has 1 aliphatic heterocycles. The van der Waals surface area contributed by atoms with E-state index in [9.17, 15) is 0 Å². The molecule has 1 N–H and O–H groups in total. The van der Waals surface area contributed by atoms with Gasteiger partial charge in [0.05, 0.1) is 6.61 Å². The van der Waals surface area contributed by atoms with E-state index in [1.807, 2.05) is 0 Å². The van der Waals surface area contributed by atoms with Crippen LogP contribution >= 0.6 is 0 Å². The first-order valence-corrected chi connectivity index (χ1v) is 6.75. The van der Waals surface area contributed by atoms with E-state index in [2.05, 4.69) is 47.8 Å². The largest absolute Gasteiger partial charge is 0.493 e. The first-order chi connectivity index (χ1) is 8.93. The molecule has 2 heteroatoms. The van der Waals surface area contributed by atoms with Crippen LogP contribution in [0.4, 0.5) is 0 Å². The van der Waals surface area contributed by atoms with Crippen LogP contribution in [0.15, 0.2) is 42.5 Å². The minimum absolute atomic E-state index is 0.651. The van der Waals surface area contributed by atoms with Gasteiger partial charge in [-0.1, -0.05) is 36.4 Å². The lowest BCUT2D eigenvalue weighted by molar-refractivity contribution is 0.220. The summed E-state index contributed by atoms with van der Waals surface area (Å²) in [6.07, 6.45) is 2.54. The summed E-state index contributed by atoms with van der Waals surface area (Å²) in [5.74, 6) is 1.66. The third kappa shape index (κ3) is 2.49. The molecule has 1 unspecified atom stereocenters. The number of hydrogen-bond donors (Lipinski definition) is 1. The second-order valence-electron chi connectivity index (χ2n) is 5.00. The van der Waals surface area contributed by atoms with Crippen molar-refractivity contribution in [2.24, 2.45) is 5.92 Å². The molecule has 2 aromatic rings. The molecule has 1 saturated heterocycles. The van der Waals surface area contributed by atoms with Gasteiger partial charge < -0.3 is 10.1 Å². The molecule has 1 fully saturated rings. The second-order valence-corrected chi connectivity index (χ2v) is 5.00. The zero-order chi connectivity index (χ0) is 12.2. The highest BCUT2D eigenvalue weighted by molar-refractivity contribution is 5.88. The number of nitrogens with one attached hydrogen (secondary N) is 1. The Hall–Kier alpha value is -1.54. The molecule has 18 heavy (non-hydrogen) atoms. The summed E-state index contributed by atoms with van der Waals surface area (Å²) >= 11 is 0. The van der Waals surface area contributed by atoms with E-state index in [1.165, 1.54) is 23.6 Å². The molecule has 1 aliphatic rings. The molecular formula is C16H19NO. The minimum Gasteiger partial charge on any atom is -0.493 e. The maximum absolute atomic E-state index is 6.02. The van der Waals surface area contributed by atoms with Gasteiger partial charge in [0.15, 0.2) is 0 Å². The summed E-state index contributed by atoms with van der Waals surface area (Å²) in [6, 6.07) is 14.7. The van der Waals surface area contributed by atoms with Crippen molar-refractivity contribution in [3.63, 3.8) is 0 Å². The van der Waals surface area contributed by atoms with E-state index in [0.717, 1.165) is 25.4 Å². The zero-order valence-electron chi connectivity index (χ0n) is 10.6. The summed E-state index contributed by atoms with van der Waals surface area (Å²) in [4.78, 5) is 0. The average molecular weight is 241 g/mol. The van der Waals surface area contributed by atoms with Gasteiger partial charge in [0.1, 0.15) is 5.75 Å². The molecule has 0 amide bonds. The first kappa shape index (κ1) is 11.5. The van der Waals surface area contributed by atoms with Gasteiger partial charge in [-0.15, -0.1) is 0 Å². The Morgan fingerprint density at radius 3 is 2.89 bits per heavy atom. The standard InChI is InChI=1S/C16H19NO/c1-2-8-15-14(6-1)7-3-9-16(15)18-12-13-5-4-10-17-11-13/h1-3,6-9,13,17H,4-5,10-12H2. The predicted molar refractivity (Wildman–Crippen MR) is 75.0 cm³/mol. The quantitative estimate of drug-likeness (QED) is 0.891. The summed E-state index contributed by atoms with van der Waals surface area (Å²) in [6.45, 7) is 3.07. The lowest BCUT2D eigenvalue weighted by Gasteiger charge is -2.23. The molecule has 1 heterocycles. The number of piperidine rings is 1. The molecule has 94 valence electrons. The van der Waals surface area contributed by atoms with E-state index in [0.29, 0.717) is 5.92 Å². The van der Waals surface area contributed by atoms with Crippen molar-refractivity contribution in [3.8, 4) is 5.75 Å². The molecule has 0 aromatic heterocycles. The number of ether oxygens (including phenoxy) is 1. The van der Waals surface area contributed by atoms with E-state index in [1.54, 1.807) is 0 Å². The second kappa shape index (κ2) is 5.40. The molecule has 0 radical (unpaired) electrons. The predicted octanol–water partition coefficient (Wildman–Crippen LogP) is 3.22. The molecule has 0 aliphatic carbocycles. The lowest BCUT2D eigenvalue weighted by Crippen LogP contribution is -2.33. The maximum Gasteiger partial charge on any atom is 0.127 e. The average Bonchev–Trinajstić information content (AvgIpc) is 2.46. The molecular weight excluding hydrogens is 222 g/mol. The van der Waals surface area contributed by atoms with Gasteiger partial charge in [-0.2, -0.15) is 0 Å². The van der Waals surface area contributed by atoms with Crippen LogP contribution in [0.3, 0.4) is 0 Å². The van der Waals surface area contributed by atoms with Crippen molar-refractivity contribution in [3.05, 3.63) is 42.5 Å². The normalized spacial score (nSPS) is 19.9. The summed E-state index contributed by atoms with van der Waals surface area (Å²) in [5.41, 5.74) is 0. The fraction of sp³-hybridized carbons (Fsp3) is 0.375. The molecule has 1 atom stereocenters. The van der Waals surface area contributed by atoms with Crippen molar-refractivity contribution in [1.29, 1.82) is 0 Å². The van der Waals surface area contributed by atoms with E-state index in [4.69, 9.17) is 4.74 Å². The molecule has 0 saturated carbocycles. The van der Waals surface area contributed by atoms with Crippen LogP contribution in [-0.4, -0.2) is 19.7 Å². The van der Waals surface area contributed by atoms with Gasteiger partial charge in [-0.3, -0.25) is 0 Å². The Bertz CT molecular complexity index is 512. The van der Waals surface area contributed by atoms with Crippen molar-refractivity contribution in [2.45, 2.75) is 12.8 Å². The molecule has 2 aromatic carbocycles. The van der Waals surface area contributed by atoms with E-state index < -0.39 is 0 Å². The number of rotatable bonds is 3. The summed E-state index contributed by atoms with van der Waals surface area (Å²) in [5, 5.41) is 5.89. The first-order valence-electron chi connectivity index (χ1n) is 6.75. The van der Waals surface area contributed by atoms with E-state index >= 15 is 0 Å². The molecule has 0 bridgehead atoms. The molecule has 2 nitrogen and oxygen atoms in total. The Kier molecular flexibility index (Phi) is 3.47. The van der Waals surface area contributed by atoms with Crippen LogP contribution in [0, 0.1) is 5.92 Å². The topological polar surface area (TPSA) is 21.3 Å². The fourth-order valence-electron chi connectivity index (χ4n) is 2.60. The monoisotopic (exact) mass is 241 g/mol. The van der Waals surface area contributed by atoms with Gasteiger partial charge in [-0.25, -0.2) is 0 Å². The maximum atomic E-state index is 6.02. The zero-order valence-corrected chi connectivity index (χ0v) is 10.6. The highest BCUT2D eigenvalue weighted by Crippen LogP contribution is 2.26. The summed E-state index contributed by atoms with van der Waals surface area (Å²) < 4.78 is 6.02. The van der Waals surface area contributed by atoms with Gasteiger partial charge in [0, 0.05) is 17.8 Å². The highest BCUT2D eigenvalue weighted by Gasteiger charge is 2.13. The van der Waals surface area contributed by atoms with Crippen LogP contribution in [0.1, 0.15) is 12.8 Å². The number of benzene rings is 2. The number of hydrogen-bond acceptors (Lipinski definition) is 2. The lowest BCUT2D eigenvalue weighted by atomic mass is 10.0. The molecule has 3 rings (SSSR count). The van der Waals surface area contributed by atoms with Gasteiger partial charge in [0.25, 0.3) is 0 Å². The Labute approximate surface area is 108 Å². The van der Waals surface area contributed by atoms with Crippen LogP contribution in [0.2, 0.25) is 0 Å². The fourth-order valence-corrected chi connectivity index (χ4v) is 2.60. The third-order valence-corrected chi connectivity index (χ3v) is 3.62. The SMILES string of the molecule is c1ccc2c(OCC3CCCNC3)cccc2c1. The van der Waals surface area contributed by atoms with Crippen molar-refractivity contribution in [1.82, 2.24) is 5.32 Å². The third-order valence-electron chi connectivity index (χ3n) is 3.62. The van der Waals surface area contributed by atoms with E-state index in [-0.39, 0.29) is 0 Å². The van der Waals surface area contributed by atoms with Gasteiger partial charge in [0.2, 0.25) is 0 Å². The molecule has 0 spiro atoms. The Balaban J connectivity index is 1.74. The highest BCUT2D eigenvalue weighted by atomic mass is 16.5. The van der Waals surface area contributed by atoms with Crippen molar-refractivity contribution >= 4 is 10.8 Å². The van der Waals surface area contributed by atoms with Crippen LogP contribution in [-0.2, 0) is 0 Å². The van der Waals surface area contributed by atoms with Gasteiger partial charge in [-0.05, 0) is 30.8 Å². The van der Waals surface area contributed by atoms with Crippen LogP contribution < -0.4 is 10.1 Å². The van der Waals surface area contributed by atoms with Crippen molar-refractivity contribution < 1.29 is 4.74 Å². The minimum atomic E-state index is 0.651. The van der Waals surface area contributed by atoms with Crippen LogP contribution in [0.5, 0.6) is 5.75 Å². The Morgan fingerprint density at radius 2 is 2.00 bits per heavy atom. The smallest absolute Gasteiger partial charge is 0.127 e. The Morgan fingerprint density at radius 1 is 1.11 bits per heavy atom. The number of fused-ring (bicyclic) bond motifs is 1. The van der Waals surface area contributed by atoms with Gasteiger partial charge >= 0.3 is 0 Å². The van der Waals surface area contributed by atoms with Crippen LogP contribution in [0.25, 0.3) is 10.8 Å².